The molecule has 1 aliphatic heterocycles. The van der Waals surface area contributed by atoms with Crippen molar-refractivity contribution < 1.29 is 9.21 Å². The molecular formula is C24H29N5O2S. The molecule has 0 bridgehead atoms. The number of amides is 1. The highest BCUT2D eigenvalue weighted by molar-refractivity contribution is 7.99. The minimum atomic E-state index is -0.0771. The summed E-state index contributed by atoms with van der Waals surface area (Å²) in [6.07, 6.45) is 8.54. The second-order valence-corrected chi connectivity index (χ2v) is 8.82. The molecule has 2 aromatic heterocycles. The Hall–Kier alpha value is -3.00. The molecule has 8 heteroatoms. The first kappa shape index (κ1) is 22.2. The van der Waals surface area contributed by atoms with E-state index in [0.29, 0.717) is 17.5 Å². The van der Waals surface area contributed by atoms with Crippen LogP contribution >= 0.6 is 11.8 Å². The topological polar surface area (TPSA) is 76.2 Å². The Morgan fingerprint density at radius 3 is 2.56 bits per heavy atom. The van der Waals surface area contributed by atoms with E-state index in [1.54, 1.807) is 12.3 Å². The number of hydrogen-bond donors (Lipinski definition) is 1. The maximum Gasteiger partial charge on any atom is 0.234 e. The first-order valence-corrected chi connectivity index (χ1v) is 12.0. The van der Waals surface area contributed by atoms with Gasteiger partial charge >= 0.3 is 0 Å². The Morgan fingerprint density at radius 2 is 1.91 bits per heavy atom. The van der Waals surface area contributed by atoms with Crippen molar-refractivity contribution in [3.05, 3.63) is 55.0 Å². The average molecular weight is 452 g/mol. The maximum absolute atomic E-state index is 12.5. The fourth-order valence-electron chi connectivity index (χ4n) is 3.92. The van der Waals surface area contributed by atoms with E-state index in [1.165, 1.54) is 43.1 Å². The van der Waals surface area contributed by atoms with E-state index in [1.807, 2.05) is 29.7 Å². The van der Waals surface area contributed by atoms with Crippen LogP contribution in [0.1, 0.15) is 31.4 Å². The molecule has 1 fully saturated rings. The standard InChI is InChI=1S/C24H29N5O2S/c1-3-13-29-23(21-12-16-31-18(21)2)26-27-24(29)32-17-22(30)25-19-8-10-20(11-9-19)28-14-6-4-5-7-15-28/h3,8-12,16H,1,4-7,13-15,17H2,2H3,(H,25,30). The van der Waals surface area contributed by atoms with Crippen LogP contribution in [0.15, 0.2) is 58.8 Å². The number of nitrogens with one attached hydrogen (secondary N) is 1. The van der Waals surface area contributed by atoms with Gasteiger partial charge in [-0.15, -0.1) is 16.8 Å². The zero-order valence-electron chi connectivity index (χ0n) is 18.4. The van der Waals surface area contributed by atoms with Crippen LogP contribution in [0.5, 0.6) is 0 Å². The van der Waals surface area contributed by atoms with Gasteiger partial charge in [-0.25, -0.2) is 0 Å². The summed E-state index contributed by atoms with van der Waals surface area (Å²) < 4.78 is 7.34. The number of carbonyl (C=O) groups is 1. The van der Waals surface area contributed by atoms with Gasteiger partial charge in [0.2, 0.25) is 5.91 Å². The minimum absolute atomic E-state index is 0.0771. The number of aryl methyl sites for hydroxylation is 1. The lowest BCUT2D eigenvalue weighted by molar-refractivity contribution is -0.113. The molecular weight excluding hydrogens is 422 g/mol. The van der Waals surface area contributed by atoms with Gasteiger partial charge in [-0.3, -0.25) is 9.36 Å². The number of aromatic nitrogens is 3. The second kappa shape index (κ2) is 10.5. The number of anilines is 2. The number of allylic oxidation sites excluding steroid dienone is 1. The number of benzene rings is 1. The lowest BCUT2D eigenvalue weighted by Crippen LogP contribution is -2.23. The van der Waals surface area contributed by atoms with Gasteiger partial charge < -0.3 is 14.6 Å². The molecule has 1 aliphatic rings. The van der Waals surface area contributed by atoms with Crippen LogP contribution in [-0.2, 0) is 11.3 Å². The summed E-state index contributed by atoms with van der Waals surface area (Å²) in [6.45, 7) is 8.48. The Labute approximate surface area is 192 Å². The monoisotopic (exact) mass is 451 g/mol. The minimum Gasteiger partial charge on any atom is -0.469 e. The highest BCUT2D eigenvalue weighted by Gasteiger charge is 2.18. The fourth-order valence-corrected chi connectivity index (χ4v) is 4.66. The summed E-state index contributed by atoms with van der Waals surface area (Å²) in [4.78, 5) is 15.0. The van der Waals surface area contributed by atoms with Crippen LogP contribution in [0.2, 0.25) is 0 Å². The molecule has 1 amide bonds. The SMILES string of the molecule is C=CCn1c(SCC(=O)Nc2ccc(N3CCCCCC3)cc2)nnc1-c1ccoc1C. The van der Waals surface area contributed by atoms with Gasteiger partial charge in [0.25, 0.3) is 0 Å². The van der Waals surface area contributed by atoms with E-state index in [9.17, 15) is 4.79 Å². The van der Waals surface area contributed by atoms with Crippen molar-refractivity contribution in [2.24, 2.45) is 0 Å². The molecule has 0 aliphatic carbocycles. The van der Waals surface area contributed by atoms with E-state index in [4.69, 9.17) is 4.42 Å². The predicted molar refractivity (Wildman–Crippen MR) is 129 cm³/mol. The number of rotatable bonds is 8. The Morgan fingerprint density at radius 1 is 1.16 bits per heavy atom. The zero-order chi connectivity index (χ0) is 22.3. The largest absolute Gasteiger partial charge is 0.469 e. The molecule has 7 nitrogen and oxygen atoms in total. The van der Waals surface area contributed by atoms with Crippen molar-refractivity contribution in [2.75, 3.05) is 29.1 Å². The third-order valence-electron chi connectivity index (χ3n) is 5.58. The lowest BCUT2D eigenvalue weighted by atomic mass is 10.2. The molecule has 32 heavy (non-hydrogen) atoms. The number of furan rings is 1. The molecule has 0 saturated carbocycles. The van der Waals surface area contributed by atoms with Crippen LogP contribution < -0.4 is 10.2 Å². The smallest absolute Gasteiger partial charge is 0.234 e. The maximum atomic E-state index is 12.5. The summed E-state index contributed by atoms with van der Waals surface area (Å²) in [6, 6.07) is 10.0. The molecule has 3 heterocycles. The lowest BCUT2D eigenvalue weighted by Gasteiger charge is -2.22. The summed E-state index contributed by atoms with van der Waals surface area (Å²) in [5.74, 6) is 1.66. The molecule has 4 rings (SSSR count). The fraction of sp³-hybridized carbons (Fsp3) is 0.375. The third kappa shape index (κ3) is 5.24. The van der Waals surface area contributed by atoms with E-state index >= 15 is 0 Å². The molecule has 1 aromatic carbocycles. The molecule has 0 unspecified atom stereocenters. The second-order valence-electron chi connectivity index (χ2n) is 7.88. The van der Waals surface area contributed by atoms with Gasteiger partial charge in [-0.2, -0.15) is 0 Å². The van der Waals surface area contributed by atoms with E-state index in [2.05, 4.69) is 39.1 Å². The van der Waals surface area contributed by atoms with Crippen molar-refractivity contribution in [2.45, 2.75) is 44.3 Å². The molecule has 0 spiro atoms. The van der Waals surface area contributed by atoms with Gasteiger partial charge in [0.05, 0.1) is 17.6 Å². The predicted octanol–water partition coefficient (Wildman–Crippen LogP) is 5.14. The van der Waals surface area contributed by atoms with Crippen molar-refractivity contribution in [1.29, 1.82) is 0 Å². The highest BCUT2D eigenvalue weighted by atomic mass is 32.2. The molecule has 1 saturated heterocycles. The van der Waals surface area contributed by atoms with E-state index < -0.39 is 0 Å². The number of nitrogens with zero attached hydrogens (tertiary/aromatic N) is 4. The van der Waals surface area contributed by atoms with Gasteiger partial charge in [0, 0.05) is 31.0 Å². The third-order valence-corrected chi connectivity index (χ3v) is 6.55. The van der Waals surface area contributed by atoms with Crippen LogP contribution in [0, 0.1) is 6.92 Å². The van der Waals surface area contributed by atoms with Crippen LogP contribution in [-0.4, -0.2) is 39.5 Å². The summed E-state index contributed by atoms with van der Waals surface area (Å²) >= 11 is 1.36. The van der Waals surface area contributed by atoms with Crippen molar-refractivity contribution >= 4 is 29.0 Å². The number of carbonyl (C=O) groups excluding carboxylic acids is 1. The van der Waals surface area contributed by atoms with Crippen molar-refractivity contribution in [3.8, 4) is 11.4 Å². The van der Waals surface area contributed by atoms with E-state index in [-0.39, 0.29) is 11.7 Å². The zero-order valence-corrected chi connectivity index (χ0v) is 19.2. The first-order valence-electron chi connectivity index (χ1n) is 11.0. The molecule has 3 aromatic rings. The quantitative estimate of drug-likeness (QED) is 0.377. The van der Waals surface area contributed by atoms with Gasteiger partial charge in [0.15, 0.2) is 11.0 Å². The Kier molecular flexibility index (Phi) is 7.32. The summed E-state index contributed by atoms with van der Waals surface area (Å²) in [5.41, 5.74) is 2.91. The van der Waals surface area contributed by atoms with Crippen LogP contribution in [0.3, 0.4) is 0 Å². The van der Waals surface area contributed by atoms with Gasteiger partial charge in [-0.1, -0.05) is 30.7 Å². The van der Waals surface area contributed by atoms with Crippen molar-refractivity contribution in [1.82, 2.24) is 14.8 Å². The van der Waals surface area contributed by atoms with Crippen LogP contribution in [0.25, 0.3) is 11.4 Å². The summed E-state index contributed by atoms with van der Waals surface area (Å²) in [5, 5.41) is 12.2. The van der Waals surface area contributed by atoms with Gasteiger partial charge in [-0.05, 0) is 50.1 Å². The van der Waals surface area contributed by atoms with Gasteiger partial charge in [0.1, 0.15) is 5.76 Å². The molecule has 1 N–H and O–H groups in total. The Balaban J connectivity index is 1.36. The highest BCUT2D eigenvalue weighted by Crippen LogP contribution is 2.27. The Bertz CT molecular complexity index is 1050. The number of hydrogen-bond acceptors (Lipinski definition) is 6. The molecule has 0 radical (unpaired) electrons. The average Bonchev–Trinajstić information content (AvgIpc) is 3.28. The molecule has 168 valence electrons. The molecule has 0 atom stereocenters. The normalized spacial score (nSPS) is 14.2. The first-order chi connectivity index (χ1) is 15.7. The van der Waals surface area contributed by atoms with E-state index in [0.717, 1.165) is 30.1 Å². The number of thioether (sulfide) groups is 1. The summed E-state index contributed by atoms with van der Waals surface area (Å²) in [7, 11) is 0. The van der Waals surface area contributed by atoms with Crippen LogP contribution in [0.4, 0.5) is 11.4 Å². The van der Waals surface area contributed by atoms with Crippen molar-refractivity contribution in [3.63, 3.8) is 0 Å².